The monoisotopic (exact) mass is 383 g/mol. The number of aliphatic hydroxyl groups excluding tert-OH is 1. The summed E-state index contributed by atoms with van der Waals surface area (Å²) in [7, 11) is 0. The number of Topliss-reactive ketones (excluding diaryl/α,β-unsaturated/α-hetero) is 1. The number of nitro groups is 1. The number of nitrogens with one attached hydrogen (secondary N) is 1. The molecule has 0 spiro atoms. The zero-order chi connectivity index (χ0) is 20.0. The summed E-state index contributed by atoms with van der Waals surface area (Å²) in [6.07, 6.45) is 1.16. The van der Waals surface area contributed by atoms with Crippen molar-refractivity contribution in [3.8, 4) is 0 Å². The molecule has 1 aliphatic carbocycles. The first-order valence-electron chi connectivity index (χ1n) is 8.25. The van der Waals surface area contributed by atoms with Gasteiger partial charge >= 0.3 is 11.8 Å². The lowest BCUT2D eigenvalue weighted by molar-refractivity contribution is -0.355. The summed E-state index contributed by atoms with van der Waals surface area (Å²) in [6.45, 7) is 1.75. The maximum Gasteiger partial charge on any atom is 0.393 e. The van der Waals surface area contributed by atoms with E-state index in [0.29, 0.717) is 0 Å². The van der Waals surface area contributed by atoms with E-state index in [1.807, 2.05) is 0 Å². The Bertz CT molecular complexity index is 1100. The van der Waals surface area contributed by atoms with Crippen molar-refractivity contribution in [2.45, 2.75) is 13.0 Å². The van der Waals surface area contributed by atoms with Crippen molar-refractivity contribution in [1.82, 2.24) is 9.78 Å². The van der Waals surface area contributed by atoms with E-state index < -0.39 is 28.6 Å². The lowest BCUT2D eigenvalue weighted by atomic mass is 10.0. The molecule has 0 fully saturated rings. The van der Waals surface area contributed by atoms with Crippen molar-refractivity contribution in [1.29, 1.82) is 0 Å². The Morgan fingerprint density at radius 3 is 2.75 bits per heavy atom. The van der Waals surface area contributed by atoms with Crippen LogP contribution < -0.4 is 5.43 Å². The number of nitrogens with zero attached hydrogens (tertiary/aromatic N) is 4. The first-order valence-corrected chi connectivity index (χ1v) is 8.25. The van der Waals surface area contributed by atoms with Gasteiger partial charge in [0.15, 0.2) is 17.6 Å². The van der Waals surface area contributed by atoms with Gasteiger partial charge in [-0.05, 0) is 11.8 Å². The number of hydrazone groups is 1. The van der Waals surface area contributed by atoms with Crippen molar-refractivity contribution >= 4 is 29.2 Å². The van der Waals surface area contributed by atoms with Crippen LogP contribution in [0.15, 0.2) is 41.1 Å². The van der Waals surface area contributed by atoms with Gasteiger partial charge in [-0.25, -0.2) is 9.48 Å². The molecule has 0 saturated carbocycles. The third kappa shape index (κ3) is 2.36. The van der Waals surface area contributed by atoms with E-state index in [0.717, 1.165) is 10.9 Å². The van der Waals surface area contributed by atoms with Crippen LogP contribution in [0.3, 0.4) is 0 Å². The summed E-state index contributed by atoms with van der Waals surface area (Å²) >= 11 is 0. The molecule has 11 nitrogen and oxygen atoms in total. The lowest BCUT2D eigenvalue weighted by Crippen LogP contribution is -2.35. The molecule has 142 valence electrons. The molecular weight excluding hydrogens is 370 g/mol. The van der Waals surface area contributed by atoms with Crippen molar-refractivity contribution in [2.75, 3.05) is 12.0 Å². The molecule has 0 radical (unpaired) electrons. The number of carbonyl (C=O) groups excluding carboxylic acids is 2. The largest absolute Gasteiger partial charge is 0.507 e. The number of rotatable bonds is 3. The van der Waals surface area contributed by atoms with E-state index in [9.17, 15) is 24.8 Å². The quantitative estimate of drug-likeness (QED) is 0.463. The van der Waals surface area contributed by atoms with Gasteiger partial charge in [-0.2, -0.15) is 10.5 Å². The van der Waals surface area contributed by atoms with Gasteiger partial charge in [0.05, 0.1) is 23.5 Å². The third-order valence-electron chi connectivity index (χ3n) is 4.44. The van der Waals surface area contributed by atoms with Gasteiger partial charge in [0.1, 0.15) is 11.3 Å². The topological polar surface area (TPSA) is 149 Å². The van der Waals surface area contributed by atoms with Crippen LogP contribution in [0.2, 0.25) is 0 Å². The van der Waals surface area contributed by atoms with Crippen molar-refractivity contribution in [3.63, 3.8) is 0 Å². The zero-order valence-electron chi connectivity index (χ0n) is 14.4. The van der Waals surface area contributed by atoms with Crippen LogP contribution in [-0.4, -0.2) is 44.0 Å². The number of hydrogen-bond acceptors (Lipinski definition) is 9. The molecule has 0 amide bonds. The molecule has 4 rings (SSSR count). The molecule has 1 unspecified atom stereocenters. The van der Waals surface area contributed by atoms with E-state index in [-0.39, 0.29) is 40.4 Å². The van der Waals surface area contributed by atoms with E-state index in [2.05, 4.69) is 15.6 Å². The fourth-order valence-corrected chi connectivity index (χ4v) is 3.24. The maximum absolute atomic E-state index is 12.9. The van der Waals surface area contributed by atoms with Gasteiger partial charge in [0.2, 0.25) is 0 Å². The molecule has 0 saturated heterocycles. The molecule has 2 N–H and O–H groups in total. The number of ether oxygens (including phenoxy) is 1. The second-order valence-electron chi connectivity index (χ2n) is 5.95. The van der Waals surface area contributed by atoms with Crippen LogP contribution in [-0.2, 0) is 4.74 Å². The Hall–Kier alpha value is -4.02. The van der Waals surface area contributed by atoms with Crippen LogP contribution in [0, 0.1) is 10.1 Å². The Balaban J connectivity index is 1.89. The predicted octanol–water partition coefficient (Wildman–Crippen LogP) is 1.78. The first-order chi connectivity index (χ1) is 13.5. The Morgan fingerprint density at radius 1 is 1.39 bits per heavy atom. The fraction of sp³-hybridized carbons (Fsp3) is 0.176. The molecule has 1 atom stereocenters. The average molecular weight is 383 g/mol. The van der Waals surface area contributed by atoms with Crippen LogP contribution >= 0.6 is 0 Å². The Morgan fingerprint density at radius 2 is 2.11 bits per heavy atom. The second-order valence-corrected chi connectivity index (χ2v) is 5.95. The van der Waals surface area contributed by atoms with Gasteiger partial charge in [-0.15, -0.1) is 0 Å². The van der Waals surface area contributed by atoms with Gasteiger partial charge in [0.25, 0.3) is 0 Å². The van der Waals surface area contributed by atoms with Crippen LogP contribution in [0.5, 0.6) is 0 Å². The minimum Gasteiger partial charge on any atom is -0.507 e. The van der Waals surface area contributed by atoms with Crippen LogP contribution in [0.25, 0.3) is 5.76 Å². The number of aliphatic hydroxyl groups is 1. The van der Waals surface area contributed by atoms with Gasteiger partial charge in [0, 0.05) is 11.1 Å². The Labute approximate surface area is 157 Å². The molecule has 2 heterocycles. The van der Waals surface area contributed by atoms with Gasteiger partial charge in [-0.3, -0.25) is 4.79 Å². The summed E-state index contributed by atoms with van der Waals surface area (Å²) in [6, 6.07) is 4.88. The fourth-order valence-electron chi connectivity index (χ4n) is 3.24. The molecule has 28 heavy (non-hydrogen) atoms. The van der Waals surface area contributed by atoms with E-state index >= 15 is 0 Å². The number of carbonyl (C=O) groups is 2. The minimum atomic E-state index is -1.42. The average Bonchev–Trinajstić information content (AvgIpc) is 3.22. The third-order valence-corrected chi connectivity index (χ3v) is 4.44. The lowest BCUT2D eigenvalue weighted by Gasteiger charge is -2.20. The summed E-state index contributed by atoms with van der Waals surface area (Å²) in [5.74, 6) is -2.28. The number of esters is 1. The molecule has 2 aliphatic rings. The van der Waals surface area contributed by atoms with Crippen molar-refractivity contribution in [3.05, 3.63) is 62.8 Å². The van der Waals surface area contributed by atoms with E-state index in [4.69, 9.17) is 4.74 Å². The van der Waals surface area contributed by atoms with Crippen molar-refractivity contribution in [2.24, 2.45) is 5.10 Å². The minimum absolute atomic E-state index is 0.000970. The number of aromatic nitrogens is 2. The number of hydrogen-bond donors (Lipinski definition) is 2. The van der Waals surface area contributed by atoms with Crippen molar-refractivity contribution < 1.29 is 24.4 Å². The highest BCUT2D eigenvalue weighted by molar-refractivity contribution is 6.22. The number of amidine groups is 1. The molecule has 11 heteroatoms. The number of ketones is 1. The SMILES string of the molecule is CCOC(=O)c1cnn2c1NN=C([N+](=O)[O-])C2C1=C(O)c2ccccc2C1=O. The standard InChI is InChI=1S/C17H13N5O6/c1-2-28-17(25)10-7-18-21-12(16(22(26)27)20-19-15(10)21)11-13(23)8-5-3-4-6-9(8)14(11)24/h3-7,12,19,23H,2H2,1H3. The smallest absolute Gasteiger partial charge is 0.393 e. The molecule has 1 aromatic heterocycles. The molecular formula is C17H13N5O6. The van der Waals surface area contributed by atoms with E-state index in [1.165, 1.54) is 12.1 Å². The summed E-state index contributed by atoms with van der Waals surface area (Å²) in [5, 5.41) is 29.9. The molecule has 1 aromatic carbocycles. The maximum atomic E-state index is 12.9. The number of benzene rings is 1. The Kier molecular flexibility index (Phi) is 3.91. The number of fused-ring (bicyclic) bond motifs is 2. The molecule has 2 aromatic rings. The second kappa shape index (κ2) is 6.30. The summed E-state index contributed by atoms with van der Waals surface area (Å²) < 4.78 is 6.01. The van der Waals surface area contributed by atoms with Gasteiger partial charge in [-0.1, -0.05) is 24.3 Å². The molecule has 1 aliphatic heterocycles. The number of anilines is 1. The molecule has 0 bridgehead atoms. The summed E-state index contributed by atoms with van der Waals surface area (Å²) in [5.41, 5.74) is 2.66. The van der Waals surface area contributed by atoms with E-state index in [1.54, 1.807) is 19.1 Å². The first kappa shape index (κ1) is 17.4. The highest BCUT2D eigenvalue weighted by atomic mass is 16.6. The zero-order valence-corrected chi connectivity index (χ0v) is 14.4. The highest BCUT2D eigenvalue weighted by Crippen LogP contribution is 2.40. The van der Waals surface area contributed by atoms with Gasteiger partial charge < -0.3 is 20.0 Å². The van der Waals surface area contributed by atoms with Crippen LogP contribution in [0.4, 0.5) is 5.82 Å². The summed E-state index contributed by atoms with van der Waals surface area (Å²) in [4.78, 5) is 35.8. The predicted molar refractivity (Wildman–Crippen MR) is 95.6 cm³/mol. The highest BCUT2D eigenvalue weighted by Gasteiger charge is 2.47. The normalized spacial score (nSPS) is 17.5. The van der Waals surface area contributed by atoms with Crippen LogP contribution in [0.1, 0.15) is 39.2 Å².